The van der Waals surface area contributed by atoms with Crippen molar-refractivity contribution in [1.82, 2.24) is 14.5 Å². The van der Waals surface area contributed by atoms with E-state index in [1.165, 1.54) is 0 Å². The Morgan fingerprint density at radius 3 is 2.60 bits per heavy atom. The zero-order chi connectivity index (χ0) is 22.3. The first-order valence-corrected chi connectivity index (χ1v) is 10.1. The van der Waals surface area contributed by atoms with E-state index in [4.69, 9.17) is 20.9 Å². The molecule has 0 radical (unpaired) electrons. The molecule has 1 fully saturated rings. The van der Waals surface area contributed by atoms with Gasteiger partial charge in [-0.2, -0.15) is 9.97 Å². The molecule has 2 aromatic heterocycles. The summed E-state index contributed by atoms with van der Waals surface area (Å²) in [5, 5.41) is 20.9. The lowest BCUT2D eigenvalue weighted by atomic mass is 10.1. The summed E-state index contributed by atoms with van der Waals surface area (Å²) in [6.45, 7) is 3.22. The second-order valence-electron chi connectivity index (χ2n) is 7.64. The number of ether oxygens (including phenoxy) is 2. The number of nitrogens with zero attached hydrogens (tertiary/aromatic N) is 4. The second kappa shape index (κ2) is 8.43. The lowest BCUT2D eigenvalue weighted by Crippen LogP contribution is -2.40. The maximum Gasteiger partial charge on any atom is 0.323 e. The first-order valence-electron chi connectivity index (χ1n) is 9.32. The third-order valence-corrected chi connectivity index (χ3v) is 5.80. The number of nitrogen functional groups attached to an aromatic ring is 1. The van der Waals surface area contributed by atoms with Crippen molar-refractivity contribution in [3.05, 3.63) is 9.67 Å². The highest BCUT2D eigenvalue weighted by molar-refractivity contribution is 7.17. The number of rotatable bonds is 6. The number of nitrogens with two attached hydrogens (primary N) is 2. The Bertz CT molecular complexity index is 991. The maximum absolute atomic E-state index is 12.7. The van der Waals surface area contributed by atoms with Crippen LogP contribution in [-0.4, -0.2) is 75.8 Å². The number of hydrogen-bond acceptors (Lipinski definition) is 12. The van der Waals surface area contributed by atoms with Gasteiger partial charge in [-0.1, -0.05) is 25.2 Å². The fraction of sp³-hybridized carbons (Fsp3) is 0.647. The van der Waals surface area contributed by atoms with Crippen LogP contribution < -0.4 is 21.2 Å². The van der Waals surface area contributed by atoms with E-state index < -0.39 is 41.4 Å². The molecule has 2 aromatic rings. The molecule has 3 rings (SSSR count). The molecule has 0 bridgehead atoms. The van der Waals surface area contributed by atoms with Gasteiger partial charge in [0.25, 0.3) is 0 Å². The molecule has 13 heteroatoms. The van der Waals surface area contributed by atoms with Crippen molar-refractivity contribution in [2.45, 2.75) is 44.4 Å². The van der Waals surface area contributed by atoms with Gasteiger partial charge in [-0.25, -0.2) is 0 Å². The zero-order valence-electron chi connectivity index (χ0n) is 17.1. The molecule has 0 unspecified atom stereocenters. The highest BCUT2D eigenvalue weighted by atomic mass is 32.1. The van der Waals surface area contributed by atoms with Crippen LogP contribution in [0.25, 0.3) is 10.3 Å². The summed E-state index contributed by atoms with van der Waals surface area (Å²) in [6, 6.07) is -0.822. The van der Waals surface area contributed by atoms with Crippen molar-refractivity contribution in [1.29, 1.82) is 0 Å². The van der Waals surface area contributed by atoms with E-state index in [0.29, 0.717) is 10.5 Å². The largest absolute Gasteiger partial charge is 0.462 e. The fourth-order valence-corrected chi connectivity index (χ4v) is 4.08. The van der Waals surface area contributed by atoms with Gasteiger partial charge in [0, 0.05) is 14.1 Å². The zero-order valence-corrected chi connectivity index (χ0v) is 17.9. The van der Waals surface area contributed by atoms with E-state index in [9.17, 15) is 19.8 Å². The van der Waals surface area contributed by atoms with E-state index >= 15 is 0 Å². The molecule has 0 saturated carbocycles. The SMILES string of the molecule is CC(C)[C@H](N)C(=O)OC[C@H]1O[C@@H](n2c(=O)sc3c(N(C)C)nc(N)nc32)[C@H](O)[C@@H]1O. The van der Waals surface area contributed by atoms with Crippen molar-refractivity contribution in [3.8, 4) is 0 Å². The molecule has 30 heavy (non-hydrogen) atoms. The molecule has 1 aliphatic heterocycles. The summed E-state index contributed by atoms with van der Waals surface area (Å²) in [4.78, 5) is 34.1. The molecular weight excluding hydrogens is 416 g/mol. The van der Waals surface area contributed by atoms with Gasteiger partial charge in [0.2, 0.25) is 5.95 Å². The Morgan fingerprint density at radius 2 is 2.00 bits per heavy atom. The van der Waals surface area contributed by atoms with Crippen molar-refractivity contribution < 1.29 is 24.5 Å². The number of hydrogen-bond donors (Lipinski definition) is 4. The minimum absolute atomic E-state index is 0.0565. The van der Waals surface area contributed by atoms with E-state index in [-0.39, 0.29) is 24.1 Å². The monoisotopic (exact) mass is 442 g/mol. The van der Waals surface area contributed by atoms with Crippen molar-refractivity contribution in [3.63, 3.8) is 0 Å². The Balaban J connectivity index is 1.88. The highest BCUT2D eigenvalue weighted by Gasteiger charge is 2.46. The summed E-state index contributed by atoms with van der Waals surface area (Å²) < 4.78 is 12.4. The van der Waals surface area contributed by atoms with Crippen LogP contribution in [0.1, 0.15) is 20.1 Å². The van der Waals surface area contributed by atoms with Gasteiger partial charge in [-0.3, -0.25) is 14.2 Å². The quantitative estimate of drug-likeness (QED) is 0.388. The van der Waals surface area contributed by atoms with E-state index in [1.54, 1.807) is 32.8 Å². The van der Waals surface area contributed by atoms with Gasteiger partial charge in [-0.05, 0) is 5.92 Å². The number of carbonyl (C=O) groups is 1. The number of anilines is 2. The van der Waals surface area contributed by atoms with Crippen LogP contribution in [0.15, 0.2) is 4.79 Å². The fourth-order valence-electron chi connectivity index (χ4n) is 3.06. The topological polar surface area (TPSA) is 179 Å². The Hall–Kier alpha value is -2.32. The van der Waals surface area contributed by atoms with Crippen LogP contribution in [0, 0.1) is 5.92 Å². The summed E-state index contributed by atoms with van der Waals surface area (Å²) >= 11 is 0.870. The Kier molecular flexibility index (Phi) is 6.29. The highest BCUT2D eigenvalue weighted by Crippen LogP contribution is 2.34. The molecule has 6 N–H and O–H groups in total. The molecule has 5 atom stereocenters. The standard InChI is InChI=1S/C17H26N6O6S/c1-6(2)8(18)15(26)28-5-7-9(24)10(25)14(29-7)23-13-11(30-17(23)27)12(22(3)4)20-16(19)21-13/h6-10,14,24-25H,5,18H2,1-4H3,(H2,19,20,21)/t7-,8+,9-,10-,14-/m1/s1. The maximum atomic E-state index is 12.7. The summed E-state index contributed by atoms with van der Waals surface area (Å²) in [5.74, 6) is -0.386. The van der Waals surface area contributed by atoms with E-state index in [0.717, 1.165) is 15.9 Å². The summed E-state index contributed by atoms with van der Waals surface area (Å²) in [5.41, 5.74) is 11.7. The lowest BCUT2D eigenvalue weighted by Gasteiger charge is -2.18. The first-order chi connectivity index (χ1) is 14.0. The summed E-state index contributed by atoms with van der Waals surface area (Å²) in [6.07, 6.45) is -5.15. The van der Waals surface area contributed by atoms with Gasteiger partial charge in [-0.15, -0.1) is 0 Å². The van der Waals surface area contributed by atoms with Crippen molar-refractivity contribution in [2.24, 2.45) is 11.7 Å². The number of thiazole rings is 1. The van der Waals surface area contributed by atoms with Gasteiger partial charge in [0.05, 0.1) is 0 Å². The van der Waals surface area contributed by atoms with Crippen molar-refractivity contribution in [2.75, 3.05) is 31.3 Å². The summed E-state index contributed by atoms with van der Waals surface area (Å²) in [7, 11) is 3.49. The number of aliphatic hydroxyl groups excluding tert-OH is 2. The predicted octanol–water partition coefficient (Wildman–Crippen LogP) is -1.35. The minimum atomic E-state index is -1.46. The van der Waals surface area contributed by atoms with Gasteiger partial charge < -0.3 is 36.1 Å². The van der Waals surface area contributed by atoms with E-state index in [1.807, 2.05) is 0 Å². The van der Waals surface area contributed by atoms with Gasteiger partial charge >= 0.3 is 10.8 Å². The molecule has 0 aliphatic carbocycles. The molecule has 3 heterocycles. The smallest absolute Gasteiger partial charge is 0.323 e. The minimum Gasteiger partial charge on any atom is -0.462 e. The average Bonchev–Trinajstić information content (AvgIpc) is 3.14. The average molecular weight is 442 g/mol. The molecular formula is C17H26N6O6S. The third-order valence-electron chi connectivity index (χ3n) is 4.86. The molecule has 1 aliphatic rings. The lowest BCUT2D eigenvalue weighted by molar-refractivity contribution is -0.152. The van der Waals surface area contributed by atoms with Gasteiger partial charge in [0.15, 0.2) is 17.7 Å². The van der Waals surface area contributed by atoms with Crippen LogP contribution in [0.5, 0.6) is 0 Å². The second-order valence-corrected chi connectivity index (χ2v) is 8.60. The molecule has 0 amide bonds. The predicted molar refractivity (Wildman–Crippen MR) is 110 cm³/mol. The van der Waals surface area contributed by atoms with Crippen LogP contribution in [0.3, 0.4) is 0 Å². The number of esters is 1. The Labute approximate surface area is 176 Å². The molecule has 166 valence electrons. The molecule has 1 saturated heterocycles. The van der Waals surface area contributed by atoms with Crippen LogP contribution in [0.4, 0.5) is 11.8 Å². The van der Waals surface area contributed by atoms with Crippen LogP contribution >= 0.6 is 11.3 Å². The van der Waals surface area contributed by atoms with E-state index in [2.05, 4.69) is 9.97 Å². The Morgan fingerprint density at radius 1 is 1.33 bits per heavy atom. The normalized spacial score (nSPS) is 25.1. The third kappa shape index (κ3) is 3.98. The molecule has 0 aromatic carbocycles. The van der Waals surface area contributed by atoms with Crippen LogP contribution in [0.2, 0.25) is 0 Å². The number of carbonyl (C=O) groups excluding carboxylic acids is 1. The molecule has 12 nitrogen and oxygen atoms in total. The van der Waals surface area contributed by atoms with Crippen LogP contribution in [-0.2, 0) is 14.3 Å². The number of aliphatic hydroxyl groups is 2. The number of aromatic nitrogens is 3. The van der Waals surface area contributed by atoms with Gasteiger partial charge in [0.1, 0.15) is 35.7 Å². The first kappa shape index (κ1) is 22.4. The molecule has 0 spiro atoms. The number of fused-ring (bicyclic) bond motifs is 1. The van der Waals surface area contributed by atoms with Crippen molar-refractivity contribution >= 4 is 39.4 Å².